The zero-order valence-electron chi connectivity index (χ0n) is 21.1. The Morgan fingerprint density at radius 3 is 2.25 bits per heavy atom. The molecule has 0 radical (unpaired) electrons. The topological polar surface area (TPSA) is 60.7 Å². The summed E-state index contributed by atoms with van der Waals surface area (Å²) in [6, 6.07) is 0. The van der Waals surface area contributed by atoms with Crippen molar-refractivity contribution in [2.24, 2.45) is 46.3 Å². The van der Waals surface area contributed by atoms with Crippen LogP contribution in [0.4, 0.5) is 0 Å². The molecule has 3 heteroatoms. The zero-order chi connectivity index (χ0) is 22.7. The van der Waals surface area contributed by atoms with Gasteiger partial charge >= 0.3 is 0 Å². The summed E-state index contributed by atoms with van der Waals surface area (Å²) in [5.41, 5.74) is -0.149. The van der Waals surface area contributed by atoms with Crippen LogP contribution >= 0.6 is 0 Å². The predicted molar refractivity (Wildman–Crippen MR) is 129 cm³/mol. The highest BCUT2D eigenvalue weighted by Crippen LogP contribution is 2.68. The van der Waals surface area contributed by atoms with Crippen molar-refractivity contribution >= 4 is 0 Å². The van der Waals surface area contributed by atoms with E-state index in [9.17, 15) is 15.3 Å². The Hall–Kier alpha value is -0.120. The molecule has 3 nitrogen and oxygen atoms in total. The molecule has 0 aliphatic heterocycles. The minimum absolute atomic E-state index is 0.185. The Bertz CT molecular complexity index is 669. The first kappa shape index (κ1) is 23.6. The summed E-state index contributed by atoms with van der Waals surface area (Å²) in [4.78, 5) is 0. The summed E-state index contributed by atoms with van der Waals surface area (Å²) in [6.07, 6.45) is 17.2. The molecule has 0 bridgehead atoms. The van der Waals surface area contributed by atoms with E-state index < -0.39 is 5.60 Å². The molecule has 0 heterocycles. The van der Waals surface area contributed by atoms with Gasteiger partial charge in [-0.2, -0.15) is 0 Å². The predicted octanol–water partition coefficient (Wildman–Crippen LogP) is 6.09. The first-order chi connectivity index (χ1) is 15.1. The van der Waals surface area contributed by atoms with E-state index >= 15 is 0 Å². The number of rotatable bonds is 5. The maximum absolute atomic E-state index is 11.7. The molecule has 0 aromatic carbocycles. The average Bonchev–Trinajstić information content (AvgIpc) is 3.37. The lowest BCUT2D eigenvalue weighted by Gasteiger charge is -2.62. The summed E-state index contributed by atoms with van der Waals surface area (Å²) in [5.74, 6) is 3.52. The van der Waals surface area contributed by atoms with E-state index in [1.165, 1.54) is 57.8 Å². The largest absolute Gasteiger partial charge is 0.393 e. The Kier molecular flexibility index (Phi) is 6.29. The number of fused-ring (bicyclic) bond motifs is 5. The molecule has 5 aliphatic rings. The summed E-state index contributed by atoms with van der Waals surface area (Å²) in [7, 11) is 0. The summed E-state index contributed by atoms with van der Waals surface area (Å²) < 4.78 is 0. The second-order valence-corrected chi connectivity index (χ2v) is 13.8. The van der Waals surface area contributed by atoms with Crippen molar-refractivity contribution in [2.75, 3.05) is 0 Å². The van der Waals surface area contributed by atoms with Gasteiger partial charge in [0, 0.05) is 0 Å². The number of aliphatic hydroxyl groups is 3. The average molecular weight is 447 g/mol. The van der Waals surface area contributed by atoms with Crippen LogP contribution in [-0.4, -0.2) is 33.1 Å². The standard InChI is InChI=1S/C29H50O3/c1-27-15-12-20(30)17-24(27)25(31)18-21-22-10-11-26(28(22,2)16-13-23(21)27)29(3,32)14-6-9-19-7-4-5-8-19/h19-26,30-32H,4-18H2,1-3H3/t20-,21-,22-,23-,24+,25-,26-,27+,28-,29-/m0/s1. The first-order valence-electron chi connectivity index (χ1n) is 14.2. The molecule has 0 aromatic heterocycles. The zero-order valence-corrected chi connectivity index (χ0v) is 21.1. The van der Waals surface area contributed by atoms with Crippen molar-refractivity contribution in [3.05, 3.63) is 0 Å². The molecule has 3 N–H and O–H groups in total. The Morgan fingerprint density at radius 2 is 1.50 bits per heavy atom. The molecule has 0 saturated heterocycles. The first-order valence-corrected chi connectivity index (χ1v) is 14.2. The SMILES string of the molecule is C[C@]12CC[C@H](O)C[C@@H]1[C@@H](O)C[C@@H]1[C@@H]2CC[C@@]2(C)[C@H]1CC[C@@H]2[C@@](C)(O)CCCC1CCCC1. The van der Waals surface area contributed by atoms with Crippen LogP contribution in [0.15, 0.2) is 0 Å². The number of hydrogen-bond donors (Lipinski definition) is 3. The van der Waals surface area contributed by atoms with Gasteiger partial charge in [0.1, 0.15) is 0 Å². The van der Waals surface area contributed by atoms with Gasteiger partial charge in [0.05, 0.1) is 17.8 Å². The monoisotopic (exact) mass is 446 g/mol. The van der Waals surface area contributed by atoms with Crippen molar-refractivity contribution in [3.63, 3.8) is 0 Å². The normalized spacial score (nSPS) is 51.0. The number of aliphatic hydroxyl groups excluding tert-OH is 2. The highest BCUT2D eigenvalue weighted by atomic mass is 16.3. The van der Waals surface area contributed by atoms with E-state index in [1.807, 2.05) is 0 Å². The molecule has 0 spiro atoms. The molecular formula is C29H50O3. The molecule has 5 rings (SSSR count). The Morgan fingerprint density at radius 1 is 0.812 bits per heavy atom. The van der Waals surface area contributed by atoms with Crippen LogP contribution in [0.2, 0.25) is 0 Å². The number of hydrogen-bond acceptors (Lipinski definition) is 3. The molecule has 5 saturated carbocycles. The molecule has 0 unspecified atom stereocenters. The fourth-order valence-corrected chi connectivity index (χ4v) is 10.5. The van der Waals surface area contributed by atoms with Crippen molar-refractivity contribution in [3.8, 4) is 0 Å². The Labute approximate surface area is 196 Å². The lowest BCUT2D eigenvalue weighted by Crippen LogP contribution is -2.59. The molecule has 5 aliphatic carbocycles. The van der Waals surface area contributed by atoms with Crippen molar-refractivity contribution < 1.29 is 15.3 Å². The molecule has 10 atom stereocenters. The molecule has 5 fully saturated rings. The van der Waals surface area contributed by atoms with Gasteiger partial charge in [0.15, 0.2) is 0 Å². The third-order valence-electron chi connectivity index (χ3n) is 12.2. The van der Waals surface area contributed by atoms with Crippen LogP contribution < -0.4 is 0 Å². The van der Waals surface area contributed by atoms with E-state index in [2.05, 4.69) is 20.8 Å². The summed E-state index contributed by atoms with van der Waals surface area (Å²) in [5, 5.41) is 33.2. The van der Waals surface area contributed by atoms with Crippen LogP contribution in [0.25, 0.3) is 0 Å². The van der Waals surface area contributed by atoms with Crippen LogP contribution in [0.1, 0.15) is 117 Å². The van der Waals surface area contributed by atoms with E-state index in [1.54, 1.807) is 0 Å². The highest BCUT2D eigenvalue weighted by Gasteiger charge is 2.63. The van der Waals surface area contributed by atoms with Crippen molar-refractivity contribution in [1.29, 1.82) is 0 Å². The van der Waals surface area contributed by atoms with Crippen LogP contribution in [0.3, 0.4) is 0 Å². The van der Waals surface area contributed by atoms with Gasteiger partial charge in [-0.1, -0.05) is 52.4 Å². The van der Waals surface area contributed by atoms with E-state index in [-0.39, 0.29) is 29.0 Å². The molecule has 0 amide bonds. The van der Waals surface area contributed by atoms with E-state index in [0.29, 0.717) is 23.7 Å². The third kappa shape index (κ3) is 3.81. The summed E-state index contributed by atoms with van der Waals surface area (Å²) in [6.45, 7) is 7.10. The minimum atomic E-state index is -0.552. The quantitative estimate of drug-likeness (QED) is 0.479. The van der Waals surface area contributed by atoms with Gasteiger partial charge in [-0.25, -0.2) is 0 Å². The summed E-state index contributed by atoms with van der Waals surface area (Å²) >= 11 is 0. The second-order valence-electron chi connectivity index (χ2n) is 13.8. The van der Waals surface area contributed by atoms with Crippen LogP contribution in [-0.2, 0) is 0 Å². The maximum Gasteiger partial charge on any atom is 0.0653 e. The molecule has 184 valence electrons. The van der Waals surface area contributed by atoms with Gasteiger partial charge < -0.3 is 15.3 Å². The lowest BCUT2D eigenvalue weighted by atomic mass is 9.43. The van der Waals surface area contributed by atoms with Crippen LogP contribution in [0, 0.1) is 46.3 Å². The Balaban J connectivity index is 1.30. The smallest absolute Gasteiger partial charge is 0.0653 e. The lowest BCUT2D eigenvalue weighted by molar-refractivity contribution is -0.179. The van der Waals surface area contributed by atoms with Gasteiger partial charge in [0.2, 0.25) is 0 Å². The second kappa shape index (κ2) is 8.52. The van der Waals surface area contributed by atoms with E-state index in [4.69, 9.17) is 0 Å². The fraction of sp³-hybridized carbons (Fsp3) is 1.00. The van der Waals surface area contributed by atoms with Gasteiger partial charge in [0.25, 0.3) is 0 Å². The molecule has 0 aromatic rings. The van der Waals surface area contributed by atoms with Crippen molar-refractivity contribution in [2.45, 2.75) is 135 Å². The highest BCUT2D eigenvalue weighted by molar-refractivity contribution is 5.13. The maximum atomic E-state index is 11.7. The molecule has 32 heavy (non-hydrogen) atoms. The van der Waals surface area contributed by atoms with E-state index in [0.717, 1.165) is 44.4 Å². The fourth-order valence-electron chi connectivity index (χ4n) is 10.5. The van der Waals surface area contributed by atoms with Gasteiger partial charge in [-0.05, 0) is 111 Å². The van der Waals surface area contributed by atoms with Gasteiger partial charge in [-0.3, -0.25) is 0 Å². The van der Waals surface area contributed by atoms with Crippen LogP contribution in [0.5, 0.6) is 0 Å². The van der Waals surface area contributed by atoms with Crippen molar-refractivity contribution in [1.82, 2.24) is 0 Å². The molecular weight excluding hydrogens is 396 g/mol. The minimum Gasteiger partial charge on any atom is -0.393 e. The third-order valence-corrected chi connectivity index (χ3v) is 12.2. The van der Waals surface area contributed by atoms with Gasteiger partial charge in [-0.15, -0.1) is 0 Å².